The first kappa shape index (κ1) is 15.0. The summed E-state index contributed by atoms with van der Waals surface area (Å²) in [6, 6.07) is 21.7. The fourth-order valence-electron chi connectivity index (χ4n) is 2.28. The first-order valence-corrected chi connectivity index (χ1v) is 6.97. The van der Waals surface area contributed by atoms with Crippen LogP contribution in [0.3, 0.4) is 0 Å². The van der Waals surface area contributed by atoms with Gasteiger partial charge in [0.05, 0.1) is 18.5 Å². The number of rotatable bonds is 7. The number of aldehydes is 1. The van der Waals surface area contributed by atoms with Gasteiger partial charge in [-0.3, -0.25) is 4.90 Å². The van der Waals surface area contributed by atoms with Crippen molar-refractivity contribution in [2.75, 3.05) is 0 Å². The van der Waals surface area contributed by atoms with E-state index in [2.05, 4.69) is 6.07 Å². The molecule has 0 unspecified atom stereocenters. The Morgan fingerprint density at radius 1 is 0.952 bits per heavy atom. The Bertz CT molecular complexity index is 548. The molecule has 0 radical (unpaired) electrons. The number of nitrogens with zero attached hydrogens (tertiary/aromatic N) is 2. The Morgan fingerprint density at radius 3 is 1.81 bits per heavy atom. The lowest BCUT2D eigenvalue weighted by Gasteiger charge is -2.26. The lowest BCUT2D eigenvalue weighted by atomic mass is 10.1. The molecular weight excluding hydrogens is 260 g/mol. The van der Waals surface area contributed by atoms with E-state index in [0.717, 1.165) is 17.4 Å². The van der Waals surface area contributed by atoms with Gasteiger partial charge in [0.2, 0.25) is 0 Å². The van der Waals surface area contributed by atoms with E-state index in [1.165, 1.54) is 0 Å². The maximum Gasteiger partial charge on any atom is 0.138 e. The minimum absolute atomic E-state index is 0.211. The molecule has 106 valence electrons. The fraction of sp³-hybridized carbons (Fsp3) is 0.222. The highest BCUT2D eigenvalue weighted by Gasteiger charge is 2.18. The van der Waals surface area contributed by atoms with Crippen molar-refractivity contribution in [1.29, 1.82) is 5.26 Å². The Kier molecular flexibility index (Phi) is 5.69. The van der Waals surface area contributed by atoms with Crippen molar-refractivity contribution < 1.29 is 4.79 Å². The van der Waals surface area contributed by atoms with Crippen LogP contribution < -0.4 is 0 Å². The molecule has 2 aromatic carbocycles. The van der Waals surface area contributed by atoms with Crippen LogP contribution in [0.15, 0.2) is 60.7 Å². The third kappa shape index (κ3) is 4.55. The lowest BCUT2D eigenvalue weighted by Crippen LogP contribution is -2.35. The molecule has 0 saturated heterocycles. The summed E-state index contributed by atoms with van der Waals surface area (Å²) in [5.74, 6) is 0. The molecule has 1 atom stereocenters. The van der Waals surface area contributed by atoms with E-state index < -0.39 is 0 Å². The predicted octanol–water partition coefficient (Wildman–Crippen LogP) is 3.17. The molecule has 0 fully saturated rings. The van der Waals surface area contributed by atoms with Gasteiger partial charge in [-0.05, 0) is 11.1 Å². The van der Waals surface area contributed by atoms with E-state index in [1.807, 2.05) is 65.6 Å². The third-order valence-corrected chi connectivity index (χ3v) is 3.38. The van der Waals surface area contributed by atoms with Crippen molar-refractivity contribution in [2.24, 2.45) is 0 Å². The largest absolute Gasteiger partial charge is 0.302 e. The Morgan fingerprint density at radius 2 is 1.43 bits per heavy atom. The van der Waals surface area contributed by atoms with Gasteiger partial charge in [-0.2, -0.15) is 5.26 Å². The topological polar surface area (TPSA) is 44.1 Å². The molecule has 2 aromatic rings. The molecule has 21 heavy (non-hydrogen) atoms. The molecule has 3 nitrogen and oxygen atoms in total. The van der Waals surface area contributed by atoms with Crippen molar-refractivity contribution in [1.82, 2.24) is 4.90 Å². The van der Waals surface area contributed by atoms with E-state index in [9.17, 15) is 4.79 Å². The summed E-state index contributed by atoms with van der Waals surface area (Å²) in [5.41, 5.74) is 2.27. The molecule has 0 aliphatic carbocycles. The molecule has 0 spiro atoms. The number of hydrogen-bond donors (Lipinski definition) is 0. The SMILES string of the molecule is N#CC[C@@H](C=O)N(Cc1ccccc1)Cc1ccccc1. The van der Waals surface area contributed by atoms with Crippen LogP contribution in [0.5, 0.6) is 0 Å². The molecule has 0 bridgehead atoms. The summed E-state index contributed by atoms with van der Waals surface area (Å²) in [4.78, 5) is 13.4. The number of carbonyl (C=O) groups excluding carboxylic acids is 1. The average Bonchev–Trinajstić information content (AvgIpc) is 2.54. The van der Waals surface area contributed by atoms with Gasteiger partial charge in [0.1, 0.15) is 6.29 Å². The molecule has 0 amide bonds. The van der Waals surface area contributed by atoms with E-state index in [1.54, 1.807) is 0 Å². The summed E-state index contributed by atoms with van der Waals surface area (Å²) >= 11 is 0. The van der Waals surface area contributed by atoms with Crippen LogP contribution in [-0.2, 0) is 17.9 Å². The molecule has 0 aliphatic rings. The summed E-state index contributed by atoms with van der Waals surface area (Å²) in [5, 5.41) is 8.91. The first-order valence-electron chi connectivity index (χ1n) is 6.97. The smallest absolute Gasteiger partial charge is 0.138 e. The van der Waals surface area contributed by atoms with E-state index >= 15 is 0 Å². The number of benzene rings is 2. The van der Waals surface area contributed by atoms with E-state index in [0.29, 0.717) is 13.1 Å². The Labute approximate surface area is 125 Å². The molecule has 0 heterocycles. The third-order valence-electron chi connectivity index (χ3n) is 3.38. The van der Waals surface area contributed by atoms with Gasteiger partial charge in [-0.25, -0.2) is 0 Å². The fourth-order valence-corrected chi connectivity index (χ4v) is 2.28. The highest BCUT2D eigenvalue weighted by atomic mass is 16.1. The Balaban J connectivity index is 2.17. The van der Waals surface area contributed by atoms with Crippen LogP contribution in [0.2, 0.25) is 0 Å². The molecule has 0 N–H and O–H groups in total. The average molecular weight is 278 g/mol. The van der Waals surface area contributed by atoms with Crippen molar-refractivity contribution in [3.05, 3.63) is 71.8 Å². The molecule has 2 rings (SSSR count). The molecule has 0 saturated carbocycles. The van der Waals surface area contributed by atoms with E-state index in [4.69, 9.17) is 5.26 Å². The Hall–Kier alpha value is -2.44. The van der Waals surface area contributed by atoms with Crippen LogP contribution in [0.4, 0.5) is 0 Å². The zero-order valence-corrected chi connectivity index (χ0v) is 11.9. The molecule has 0 aromatic heterocycles. The minimum Gasteiger partial charge on any atom is -0.302 e. The summed E-state index contributed by atoms with van der Waals surface area (Å²) in [6.45, 7) is 1.31. The maximum atomic E-state index is 11.3. The minimum atomic E-state index is -0.379. The van der Waals surface area contributed by atoms with Gasteiger partial charge in [0, 0.05) is 13.1 Å². The van der Waals surface area contributed by atoms with E-state index in [-0.39, 0.29) is 12.5 Å². The monoisotopic (exact) mass is 278 g/mol. The van der Waals surface area contributed by atoms with Crippen LogP contribution in [0, 0.1) is 11.3 Å². The second-order valence-corrected chi connectivity index (χ2v) is 4.94. The van der Waals surface area contributed by atoms with Crippen LogP contribution in [0.1, 0.15) is 17.5 Å². The van der Waals surface area contributed by atoms with Crippen molar-refractivity contribution in [2.45, 2.75) is 25.6 Å². The standard InChI is InChI=1S/C18H18N2O/c19-12-11-18(15-21)20(13-16-7-3-1-4-8-16)14-17-9-5-2-6-10-17/h1-10,15,18H,11,13-14H2/t18-/m0/s1. The van der Waals surface area contributed by atoms with Crippen molar-refractivity contribution in [3.8, 4) is 6.07 Å². The van der Waals surface area contributed by atoms with Gasteiger partial charge >= 0.3 is 0 Å². The van der Waals surface area contributed by atoms with Crippen LogP contribution in [0.25, 0.3) is 0 Å². The van der Waals surface area contributed by atoms with Crippen LogP contribution in [-0.4, -0.2) is 17.2 Å². The second-order valence-electron chi connectivity index (χ2n) is 4.94. The quantitative estimate of drug-likeness (QED) is 0.731. The highest BCUT2D eigenvalue weighted by molar-refractivity contribution is 5.58. The van der Waals surface area contributed by atoms with Crippen LogP contribution >= 0.6 is 0 Å². The number of nitriles is 1. The number of carbonyl (C=O) groups is 1. The summed E-state index contributed by atoms with van der Waals surface area (Å²) in [7, 11) is 0. The zero-order chi connectivity index (χ0) is 14.9. The van der Waals surface area contributed by atoms with Gasteiger partial charge in [0.25, 0.3) is 0 Å². The molecular formula is C18H18N2O. The van der Waals surface area contributed by atoms with Crippen molar-refractivity contribution in [3.63, 3.8) is 0 Å². The van der Waals surface area contributed by atoms with Gasteiger partial charge in [-0.15, -0.1) is 0 Å². The summed E-state index contributed by atoms with van der Waals surface area (Å²) < 4.78 is 0. The zero-order valence-electron chi connectivity index (χ0n) is 11.9. The van der Waals surface area contributed by atoms with Crippen molar-refractivity contribution >= 4 is 6.29 Å². The predicted molar refractivity (Wildman–Crippen MR) is 82.2 cm³/mol. The first-order chi connectivity index (χ1) is 10.3. The highest BCUT2D eigenvalue weighted by Crippen LogP contribution is 2.14. The normalized spacial score (nSPS) is 11.8. The lowest BCUT2D eigenvalue weighted by molar-refractivity contribution is -0.112. The molecule has 3 heteroatoms. The second kappa shape index (κ2) is 7.98. The summed E-state index contributed by atoms with van der Waals surface area (Å²) in [6.07, 6.45) is 1.08. The van der Waals surface area contributed by atoms with Gasteiger partial charge in [-0.1, -0.05) is 60.7 Å². The maximum absolute atomic E-state index is 11.3. The number of hydrogen-bond acceptors (Lipinski definition) is 3. The van der Waals surface area contributed by atoms with Gasteiger partial charge in [0.15, 0.2) is 0 Å². The van der Waals surface area contributed by atoms with Gasteiger partial charge < -0.3 is 4.79 Å². The molecule has 0 aliphatic heterocycles.